The maximum Gasteiger partial charge on any atom is 0.303 e. The van der Waals surface area contributed by atoms with Gasteiger partial charge in [0.05, 0.1) is 5.92 Å². The Labute approximate surface area is 119 Å². The zero-order chi connectivity index (χ0) is 15.1. The molecule has 0 aliphatic heterocycles. The second-order valence-electron chi connectivity index (χ2n) is 4.97. The molecular weight excluding hydrogens is 256 g/mol. The first-order chi connectivity index (χ1) is 9.43. The van der Waals surface area contributed by atoms with Crippen molar-refractivity contribution in [2.45, 2.75) is 32.7 Å². The number of para-hydroxylation sites is 1. The summed E-state index contributed by atoms with van der Waals surface area (Å²) in [6.07, 6.45) is 0.463. The lowest BCUT2D eigenvalue weighted by Crippen LogP contribution is -2.42. The third-order valence-electron chi connectivity index (χ3n) is 3.28. The van der Waals surface area contributed by atoms with E-state index in [2.05, 4.69) is 0 Å². The van der Waals surface area contributed by atoms with Crippen molar-refractivity contribution >= 4 is 17.6 Å². The van der Waals surface area contributed by atoms with Gasteiger partial charge >= 0.3 is 5.97 Å². The number of nitrogens with two attached hydrogens (primary N) is 1. The summed E-state index contributed by atoms with van der Waals surface area (Å²) in [6, 6.07) is 9.01. The number of nitrogens with zero attached hydrogens (tertiary/aromatic N) is 1. The van der Waals surface area contributed by atoms with Gasteiger partial charge in [0, 0.05) is 24.7 Å². The zero-order valence-electron chi connectivity index (χ0n) is 12.0. The van der Waals surface area contributed by atoms with Crippen molar-refractivity contribution in [1.82, 2.24) is 0 Å². The monoisotopic (exact) mass is 278 g/mol. The normalized spacial score (nSPS) is 13.6. The molecule has 5 nitrogen and oxygen atoms in total. The minimum atomic E-state index is -0.856. The Balaban J connectivity index is 2.84. The topological polar surface area (TPSA) is 83.6 Å². The Morgan fingerprint density at radius 1 is 1.25 bits per heavy atom. The van der Waals surface area contributed by atoms with E-state index in [0.717, 1.165) is 5.69 Å². The van der Waals surface area contributed by atoms with E-state index >= 15 is 0 Å². The van der Waals surface area contributed by atoms with Gasteiger partial charge in [0.2, 0.25) is 5.91 Å². The van der Waals surface area contributed by atoms with Gasteiger partial charge in [-0.25, -0.2) is 0 Å². The van der Waals surface area contributed by atoms with Crippen LogP contribution in [0.3, 0.4) is 0 Å². The number of carboxylic acids is 1. The lowest BCUT2D eigenvalue weighted by atomic mass is 10.0. The number of rotatable bonds is 7. The average Bonchev–Trinajstić information content (AvgIpc) is 2.42. The smallest absolute Gasteiger partial charge is 0.303 e. The van der Waals surface area contributed by atoms with Crippen LogP contribution in [0, 0.1) is 5.92 Å². The third-order valence-corrected chi connectivity index (χ3v) is 3.28. The van der Waals surface area contributed by atoms with Crippen LogP contribution in [-0.4, -0.2) is 29.6 Å². The van der Waals surface area contributed by atoms with Gasteiger partial charge in [-0.3, -0.25) is 9.59 Å². The molecule has 5 heteroatoms. The fourth-order valence-electron chi connectivity index (χ4n) is 1.83. The molecular formula is C15H22N2O3. The fraction of sp³-hybridized carbons (Fsp3) is 0.467. The molecule has 2 unspecified atom stereocenters. The molecule has 0 spiro atoms. The van der Waals surface area contributed by atoms with Crippen molar-refractivity contribution in [2.24, 2.45) is 11.7 Å². The highest BCUT2D eigenvalue weighted by Gasteiger charge is 2.24. The van der Waals surface area contributed by atoms with E-state index in [-0.39, 0.29) is 24.3 Å². The van der Waals surface area contributed by atoms with Crippen molar-refractivity contribution in [3.63, 3.8) is 0 Å². The summed E-state index contributed by atoms with van der Waals surface area (Å²) in [5.41, 5.74) is 6.56. The summed E-state index contributed by atoms with van der Waals surface area (Å²) in [6.45, 7) is 3.97. The molecule has 2 atom stereocenters. The molecule has 1 rings (SSSR count). The predicted octanol–water partition coefficient (Wildman–Crippen LogP) is 1.87. The van der Waals surface area contributed by atoms with Crippen LogP contribution in [0.15, 0.2) is 30.3 Å². The van der Waals surface area contributed by atoms with E-state index in [9.17, 15) is 9.59 Å². The van der Waals surface area contributed by atoms with Crippen molar-refractivity contribution in [3.05, 3.63) is 30.3 Å². The minimum Gasteiger partial charge on any atom is -0.481 e. The molecule has 1 aromatic rings. The maximum absolute atomic E-state index is 12.5. The van der Waals surface area contributed by atoms with Crippen molar-refractivity contribution in [3.8, 4) is 0 Å². The Hall–Kier alpha value is -1.88. The van der Waals surface area contributed by atoms with Gasteiger partial charge in [-0.05, 0) is 25.5 Å². The zero-order valence-corrected chi connectivity index (χ0v) is 12.0. The first kappa shape index (κ1) is 16.2. The SMILES string of the molecule is CC(N)C(C)C(=O)N(CCCC(=O)O)c1ccccc1. The quantitative estimate of drug-likeness (QED) is 0.797. The van der Waals surface area contributed by atoms with Crippen LogP contribution >= 0.6 is 0 Å². The minimum absolute atomic E-state index is 0.0448. The van der Waals surface area contributed by atoms with Crippen molar-refractivity contribution in [2.75, 3.05) is 11.4 Å². The first-order valence-corrected chi connectivity index (χ1v) is 6.77. The van der Waals surface area contributed by atoms with Gasteiger partial charge in [0.15, 0.2) is 0 Å². The number of benzene rings is 1. The fourth-order valence-corrected chi connectivity index (χ4v) is 1.83. The van der Waals surface area contributed by atoms with Gasteiger partial charge in [0.1, 0.15) is 0 Å². The Kier molecular flexibility index (Phi) is 6.18. The molecule has 0 aliphatic rings. The molecule has 0 saturated carbocycles. The van der Waals surface area contributed by atoms with Crippen LogP contribution < -0.4 is 10.6 Å². The molecule has 0 saturated heterocycles. The number of hydrogen-bond donors (Lipinski definition) is 2. The molecule has 110 valence electrons. The van der Waals surface area contributed by atoms with Crippen molar-refractivity contribution in [1.29, 1.82) is 0 Å². The molecule has 0 aliphatic carbocycles. The van der Waals surface area contributed by atoms with Gasteiger partial charge < -0.3 is 15.7 Å². The van der Waals surface area contributed by atoms with E-state index in [1.165, 1.54) is 0 Å². The lowest BCUT2D eigenvalue weighted by Gasteiger charge is -2.27. The molecule has 1 amide bonds. The summed E-state index contributed by atoms with van der Waals surface area (Å²) in [4.78, 5) is 24.7. The standard InChI is InChI=1S/C15H22N2O3/c1-11(12(2)16)15(20)17(10-6-9-14(18)19)13-7-4-3-5-8-13/h3-5,7-8,11-12H,6,9-10,16H2,1-2H3,(H,18,19). The largest absolute Gasteiger partial charge is 0.481 e. The second kappa shape index (κ2) is 7.65. The summed E-state index contributed by atoms with van der Waals surface area (Å²) in [7, 11) is 0. The average molecular weight is 278 g/mol. The molecule has 1 aromatic carbocycles. The summed E-state index contributed by atoms with van der Waals surface area (Å²) >= 11 is 0. The summed E-state index contributed by atoms with van der Waals surface area (Å²) < 4.78 is 0. The maximum atomic E-state index is 12.5. The van der Waals surface area contributed by atoms with E-state index in [4.69, 9.17) is 10.8 Å². The highest BCUT2D eigenvalue weighted by atomic mass is 16.4. The van der Waals surface area contributed by atoms with Crippen LogP contribution in [0.25, 0.3) is 0 Å². The number of carbonyl (C=O) groups excluding carboxylic acids is 1. The van der Waals surface area contributed by atoms with Crippen LogP contribution in [-0.2, 0) is 9.59 Å². The summed E-state index contributed by atoms with van der Waals surface area (Å²) in [5, 5.41) is 8.71. The Morgan fingerprint density at radius 3 is 2.35 bits per heavy atom. The number of anilines is 1. The Morgan fingerprint density at radius 2 is 1.85 bits per heavy atom. The van der Waals surface area contributed by atoms with E-state index in [0.29, 0.717) is 13.0 Å². The highest BCUT2D eigenvalue weighted by Crippen LogP contribution is 2.18. The van der Waals surface area contributed by atoms with Crippen molar-refractivity contribution < 1.29 is 14.7 Å². The first-order valence-electron chi connectivity index (χ1n) is 6.77. The van der Waals surface area contributed by atoms with Crippen LogP contribution in [0.4, 0.5) is 5.69 Å². The molecule has 0 bridgehead atoms. The van der Waals surface area contributed by atoms with Gasteiger partial charge in [-0.1, -0.05) is 25.1 Å². The van der Waals surface area contributed by atoms with Gasteiger partial charge in [-0.2, -0.15) is 0 Å². The van der Waals surface area contributed by atoms with E-state index < -0.39 is 5.97 Å². The third kappa shape index (κ3) is 4.66. The number of carbonyl (C=O) groups is 2. The van der Waals surface area contributed by atoms with Gasteiger partial charge in [-0.15, -0.1) is 0 Å². The molecule has 0 radical (unpaired) electrons. The molecule has 0 aromatic heterocycles. The van der Waals surface area contributed by atoms with Crippen LogP contribution in [0.2, 0.25) is 0 Å². The molecule has 3 N–H and O–H groups in total. The molecule has 0 heterocycles. The van der Waals surface area contributed by atoms with Crippen LogP contribution in [0.5, 0.6) is 0 Å². The summed E-state index contributed by atoms with van der Waals surface area (Å²) in [5.74, 6) is -1.23. The number of aliphatic carboxylic acids is 1. The number of hydrogen-bond acceptors (Lipinski definition) is 3. The van der Waals surface area contributed by atoms with Crippen LogP contribution in [0.1, 0.15) is 26.7 Å². The predicted molar refractivity (Wildman–Crippen MR) is 78.5 cm³/mol. The highest BCUT2D eigenvalue weighted by molar-refractivity contribution is 5.95. The number of amides is 1. The second-order valence-corrected chi connectivity index (χ2v) is 4.97. The van der Waals surface area contributed by atoms with E-state index in [1.54, 1.807) is 18.7 Å². The lowest BCUT2D eigenvalue weighted by molar-refractivity contribution is -0.137. The van der Waals surface area contributed by atoms with E-state index in [1.807, 2.05) is 30.3 Å². The molecule has 20 heavy (non-hydrogen) atoms. The Bertz CT molecular complexity index is 446. The number of carboxylic acid groups (broad SMARTS) is 1. The molecule has 0 fully saturated rings. The van der Waals surface area contributed by atoms with Gasteiger partial charge in [0.25, 0.3) is 0 Å².